The maximum absolute atomic E-state index is 12.2. The average molecular weight is 307 g/mol. The lowest BCUT2D eigenvalue weighted by atomic mass is 9.83. The highest BCUT2D eigenvalue weighted by Gasteiger charge is 2.30. The van der Waals surface area contributed by atoms with E-state index < -0.39 is 0 Å². The van der Waals surface area contributed by atoms with E-state index in [9.17, 15) is 9.90 Å². The fourth-order valence-corrected chi connectivity index (χ4v) is 3.99. The topological polar surface area (TPSA) is 57.8 Å². The fourth-order valence-electron chi connectivity index (χ4n) is 3.10. The number of aliphatic hydroxyl groups excluding tert-OH is 1. The molecule has 2 aromatic heterocycles. The molecule has 0 bridgehead atoms. The van der Waals surface area contributed by atoms with Crippen molar-refractivity contribution in [2.45, 2.75) is 33.2 Å². The van der Waals surface area contributed by atoms with Crippen molar-refractivity contribution in [3.63, 3.8) is 0 Å². The van der Waals surface area contributed by atoms with Gasteiger partial charge in [0, 0.05) is 42.3 Å². The molecule has 1 N–H and O–H groups in total. The van der Waals surface area contributed by atoms with Crippen LogP contribution < -0.4 is 5.56 Å². The lowest BCUT2D eigenvalue weighted by Crippen LogP contribution is -2.43. The Morgan fingerprint density at radius 1 is 1.52 bits per heavy atom. The lowest BCUT2D eigenvalue weighted by Gasteiger charge is -2.39. The number of nitrogens with zero attached hydrogens (tertiary/aromatic N) is 3. The molecule has 1 aliphatic rings. The van der Waals surface area contributed by atoms with Crippen LogP contribution in [0.5, 0.6) is 0 Å². The van der Waals surface area contributed by atoms with Crippen molar-refractivity contribution in [2.24, 2.45) is 5.41 Å². The van der Waals surface area contributed by atoms with Crippen molar-refractivity contribution in [3.05, 3.63) is 33.2 Å². The zero-order valence-electron chi connectivity index (χ0n) is 12.5. The third-order valence-corrected chi connectivity index (χ3v) is 5.20. The van der Waals surface area contributed by atoms with Crippen molar-refractivity contribution >= 4 is 16.3 Å². The number of fused-ring (bicyclic) bond motifs is 1. The van der Waals surface area contributed by atoms with E-state index in [1.807, 2.05) is 12.3 Å². The van der Waals surface area contributed by atoms with Crippen molar-refractivity contribution in [3.8, 4) is 0 Å². The molecule has 1 fully saturated rings. The summed E-state index contributed by atoms with van der Waals surface area (Å²) in [5.74, 6) is 0. The molecule has 0 aliphatic carbocycles. The summed E-state index contributed by atoms with van der Waals surface area (Å²) in [5, 5.41) is 11.5. The van der Waals surface area contributed by atoms with E-state index in [1.165, 1.54) is 11.3 Å². The van der Waals surface area contributed by atoms with Gasteiger partial charge >= 0.3 is 0 Å². The van der Waals surface area contributed by atoms with Gasteiger partial charge in [0.25, 0.3) is 5.56 Å². The fraction of sp³-hybridized carbons (Fsp3) is 0.600. The molecule has 0 aromatic carbocycles. The molecule has 0 saturated carbocycles. The van der Waals surface area contributed by atoms with Crippen LogP contribution in [-0.4, -0.2) is 39.1 Å². The van der Waals surface area contributed by atoms with Crippen molar-refractivity contribution in [1.82, 2.24) is 14.3 Å². The number of hydrogen-bond acceptors (Lipinski definition) is 5. The van der Waals surface area contributed by atoms with Crippen LogP contribution >= 0.6 is 11.3 Å². The van der Waals surface area contributed by atoms with Crippen LogP contribution in [0.25, 0.3) is 4.96 Å². The van der Waals surface area contributed by atoms with Crippen molar-refractivity contribution < 1.29 is 5.11 Å². The van der Waals surface area contributed by atoms with Crippen LogP contribution in [0.2, 0.25) is 0 Å². The predicted octanol–water partition coefficient (Wildman–Crippen LogP) is 1.66. The average Bonchev–Trinajstić information content (AvgIpc) is 2.81. The predicted molar refractivity (Wildman–Crippen MR) is 83.8 cm³/mol. The lowest BCUT2D eigenvalue weighted by molar-refractivity contribution is 0.0424. The Morgan fingerprint density at radius 2 is 2.33 bits per heavy atom. The second kappa shape index (κ2) is 5.51. The highest BCUT2D eigenvalue weighted by atomic mass is 32.1. The van der Waals surface area contributed by atoms with E-state index in [1.54, 1.807) is 10.5 Å². The Bertz CT molecular complexity index is 708. The molecular weight excluding hydrogens is 286 g/mol. The summed E-state index contributed by atoms with van der Waals surface area (Å²) in [4.78, 5) is 19.8. The number of likely N-dealkylation sites (tertiary alicyclic amines) is 1. The smallest absolute Gasteiger partial charge is 0.259 e. The molecule has 21 heavy (non-hydrogen) atoms. The molecule has 5 nitrogen and oxygen atoms in total. The van der Waals surface area contributed by atoms with E-state index in [4.69, 9.17) is 0 Å². The first-order chi connectivity index (χ1) is 10.0. The summed E-state index contributed by atoms with van der Waals surface area (Å²) in [5.41, 5.74) is 1.72. The van der Waals surface area contributed by atoms with E-state index in [-0.39, 0.29) is 17.6 Å². The Kier molecular flexibility index (Phi) is 3.86. The van der Waals surface area contributed by atoms with Crippen LogP contribution in [-0.2, 0) is 6.54 Å². The summed E-state index contributed by atoms with van der Waals surface area (Å²) in [6.45, 7) is 6.78. The minimum atomic E-state index is -0.0308. The Labute approximate surface area is 127 Å². The minimum Gasteiger partial charge on any atom is -0.396 e. The molecule has 2 aromatic rings. The van der Waals surface area contributed by atoms with Gasteiger partial charge in [-0.2, -0.15) is 0 Å². The van der Waals surface area contributed by atoms with Crippen LogP contribution in [0.1, 0.15) is 31.2 Å². The molecule has 6 heteroatoms. The molecule has 0 radical (unpaired) electrons. The van der Waals surface area contributed by atoms with Gasteiger partial charge in [-0.25, -0.2) is 4.98 Å². The molecule has 114 valence electrons. The molecule has 1 aliphatic heterocycles. The molecule has 1 unspecified atom stereocenters. The Hall–Kier alpha value is -1.24. The van der Waals surface area contributed by atoms with Crippen LogP contribution in [0.4, 0.5) is 0 Å². The van der Waals surface area contributed by atoms with Gasteiger partial charge in [0.1, 0.15) is 0 Å². The zero-order chi connectivity index (χ0) is 15.0. The van der Waals surface area contributed by atoms with Gasteiger partial charge in [0.2, 0.25) is 0 Å². The number of aryl methyl sites for hydroxylation is 1. The molecule has 0 spiro atoms. The largest absolute Gasteiger partial charge is 0.396 e. The van der Waals surface area contributed by atoms with E-state index in [0.29, 0.717) is 6.54 Å². The van der Waals surface area contributed by atoms with E-state index in [0.717, 1.165) is 42.3 Å². The molecule has 3 rings (SSSR count). The number of thiazole rings is 1. The van der Waals surface area contributed by atoms with E-state index >= 15 is 0 Å². The Morgan fingerprint density at radius 3 is 3.10 bits per heavy atom. The van der Waals surface area contributed by atoms with Crippen molar-refractivity contribution in [2.75, 3.05) is 19.7 Å². The number of piperidine rings is 1. The van der Waals surface area contributed by atoms with E-state index in [2.05, 4.69) is 16.8 Å². The van der Waals surface area contributed by atoms with Gasteiger partial charge in [-0.1, -0.05) is 6.92 Å². The van der Waals surface area contributed by atoms with Gasteiger partial charge in [0.15, 0.2) is 4.96 Å². The maximum Gasteiger partial charge on any atom is 0.259 e. The summed E-state index contributed by atoms with van der Waals surface area (Å²) >= 11 is 1.50. The normalized spacial score (nSPS) is 23.8. The van der Waals surface area contributed by atoms with Gasteiger partial charge in [-0.05, 0) is 26.3 Å². The monoisotopic (exact) mass is 307 g/mol. The number of aliphatic hydroxyl groups is 1. The number of rotatable bonds is 3. The van der Waals surface area contributed by atoms with Gasteiger partial charge in [-0.3, -0.25) is 14.1 Å². The van der Waals surface area contributed by atoms with Gasteiger partial charge in [-0.15, -0.1) is 11.3 Å². The third-order valence-electron chi connectivity index (χ3n) is 4.26. The summed E-state index contributed by atoms with van der Waals surface area (Å²) in [6.07, 6.45) is 2.13. The van der Waals surface area contributed by atoms with Crippen molar-refractivity contribution in [1.29, 1.82) is 0 Å². The van der Waals surface area contributed by atoms with Gasteiger partial charge < -0.3 is 5.11 Å². The molecule has 3 heterocycles. The minimum absolute atomic E-state index is 0.00400. The second-order valence-electron chi connectivity index (χ2n) is 6.36. The van der Waals surface area contributed by atoms with Crippen LogP contribution in [0.3, 0.4) is 0 Å². The zero-order valence-corrected chi connectivity index (χ0v) is 13.3. The highest BCUT2D eigenvalue weighted by molar-refractivity contribution is 7.15. The quantitative estimate of drug-likeness (QED) is 0.937. The summed E-state index contributed by atoms with van der Waals surface area (Å²) in [6, 6.07) is 1.64. The SMILES string of the molecule is Cc1csc2nc(CN3CCCC(C)(CO)C3)cc(=O)n12. The molecular formula is C15H21N3O2S. The second-order valence-corrected chi connectivity index (χ2v) is 7.20. The first-order valence-corrected chi connectivity index (χ1v) is 8.19. The first kappa shape index (κ1) is 14.7. The number of hydrogen-bond donors (Lipinski definition) is 1. The molecule has 1 saturated heterocycles. The van der Waals surface area contributed by atoms with Crippen LogP contribution in [0, 0.1) is 12.3 Å². The molecule has 0 amide bonds. The molecule has 1 atom stereocenters. The Balaban J connectivity index is 1.83. The van der Waals surface area contributed by atoms with Crippen LogP contribution in [0.15, 0.2) is 16.2 Å². The summed E-state index contributed by atoms with van der Waals surface area (Å²) in [7, 11) is 0. The first-order valence-electron chi connectivity index (χ1n) is 7.31. The standard InChI is InChI=1S/C15H21N3O2S/c1-11-8-21-14-16-12(6-13(20)18(11)14)7-17-5-3-4-15(2,9-17)10-19/h6,8,19H,3-5,7,9-10H2,1-2H3. The van der Waals surface area contributed by atoms with Gasteiger partial charge in [0.05, 0.1) is 5.69 Å². The maximum atomic E-state index is 12.2. The number of aromatic nitrogens is 2. The third kappa shape index (κ3) is 2.88. The summed E-state index contributed by atoms with van der Waals surface area (Å²) < 4.78 is 1.65. The highest BCUT2D eigenvalue weighted by Crippen LogP contribution is 2.29.